The van der Waals surface area contributed by atoms with Gasteiger partial charge in [0.2, 0.25) is 5.91 Å². The molecule has 0 heterocycles. The first kappa shape index (κ1) is 18.9. The predicted molar refractivity (Wildman–Crippen MR) is 92.1 cm³/mol. The Hall–Kier alpha value is -2.83. The monoisotopic (exact) mass is 377 g/mol. The summed E-state index contributed by atoms with van der Waals surface area (Å²) in [5.74, 6) is -1.40. The molecule has 0 saturated heterocycles. The Balaban J connectivity index is 1.80. The molecule has 0 aromatic heterocycles. The number of benzene rings is 2. The molecule has 0 radical (unpaired) electrons. The Kier molecular flexibility index (Phi) is 5.21. The van der Waals surface area contributed by atoms with Gasteiger partial charge in [-0.3, -0.25) is 4.79 Å². The lowest BCUT2D eigenvalue weighted by atomic mass is 10.0. The fourth-order valence-corrected chi connectivity index (χ4v) is 3.02. The molecule has 0 bridgehead atoms. The first-order chi connectivity index (χ1) is 12.8. The molecule has 0 atom stereocenters. The zero-order valence-electron chi connectivity index (χ0n) is 14.4. The highest BCUT2D eigenvalue weighted by molar-refractivity contribution is 5.88. The average Bonchev–Trinajstić information content (AvgIpc) is 3.44. The molecule has 7 heteroatoms. The Morgan fingerprint density at radius 1 is 1.07 bits per heavy atom. The van der Waals surface area contributed by atoms with Crippen LogP contribution in [0.2, 0.25) is 0 Å². The van der Waals surface area contributed by atoms with Crippen LogP contribution in [0.15, 0.2) is 48.5 Å². The zero-order valence-corrected chi connectivity index (χ0v) is 14.4. The minimum Gasteiger partial charge on any atom is -0.478 e. The van der Waals surface area contributed by atoms with Crippen LogP contribution in [0.25, 0.3) is 0 Å². The van der Waals surface area contributed by atoms with Gasteiger partial charge in [-0.1, -0.05) is 30.3 Å². The van der Waals surface area contributed by atoms with Gasteiger partial charge >= 0.3 is 12.1 Å². The van der Waals surface area contributed by atoms with Crippen molar-refractivity contribution in [3.05, 3.63) is 70.8 Å². The third-order valence-electron chi connectivity index (χ3n) is 4.50. The standard InChI is InChI=1S/C20H18F3NO3/c21-20(22,23)17-7-2-1-5-15(17)12-24(16-8-9-16)18(25)11-13-4-3-6-14(10-13)19(26)27/h1-7,10,16H,8-9,11-12H2,(H,26,27). The number of carboxylic acid groups (broad SMARTS) is 1. The number of halogens is 3. The van der Waals surface area contributed by atoms with E-state index >= 15 is 0 Å². The number of nitrogens with zero attached hydrogens (tertiary/aromatic N) is 1. The second-order valence-electron chi connectivity index (χ2n) is 6.59. The van der Waals surface area contributed by atoms with Crippen molar-refractivity contribution in [3.63, 3.8) is 0 Å². The van der Waals surface area contributed by atoms with Gasteiger partial charge in [-0.2, -0.15) is 13.2 Å². The maximum absolute atomic E-state index is 13.2. The summed E-state index contributed by atoms with van der Waals surface area (Å²) in [7, 11) is 0. The number of hydrogen-bond donors (Lipinski definition) is 1. The van der Waals surface area contributed by atoms with Crippen LogP contribution >= 0.6 is 0 Å². The quantitative estimate of drug-likeness (QED) is 0.823. The van der Waals surface area contributed by atoms with Gasteiger partial charge in [0, 0.05) is 12.6 Å². The third kappa shape index (κ3) is 4.67. The molecule has 4 nitrogen and oxygen atoms in total. The lowest BCUT2D eigenvalue weighted by Crippen LogP contribution is -2.34. The van der Waals surface area contributed by atoms with Gasteiger partial charge in [-0.15, -0.1) is 0 Å². The lowest BCUT2D eigenvalue weighted by molar-refractivity contribution is -0.140. The summed E-state index contributed by atoms with van der Waals surface area (Å²) in [4.78, 5) is 25.3. The van der Waals surface area contributed by atoms with Crippen molar-refractivity contribution < 1.29 is 27.9 Å². The highest BCUT2D eigenvalue weighted by Crippen LogP contribution is 2.35. The average molecular weight is 377 g/mol. The summed E-state index contributed by atoms with van der Waals surface area (Å²) in [6.45, 7) is -0.113. The van der Waals surface area contributed by atoms with E-state index in [4.69, 9.17) is 5.11 Å². The SMILES string of the molecule is O=C(O)c1cccc(CC(=O)N(Cc2ccccc2C(F)(F)F)C2CC2)c1. The number of hydrogen-bond acceptors (Lipinski definition) is 2. The van der Waals surface area contributed by atoms with Gasteiger partial charge in [-0.05, 0) is 42.2 Å². The van der Waals surface area contributed by atoms with Crippen molar-refractivity contribution in [3.8, 4) is 0 Å². The molecule has 2 aromatic carbocycles. The molecule has 1 fully saturated rings. The van der Waals surface area contributed by atoms with E-state index in [0.717, 1.165) is 18.9 Å². The molecule has 1 N–H and O–H groups in total. The van der Waals surface area contributed by atoms with Crippen molar-refractivity contribution in [2.45, 2.75) is 38.0 Å². The summed E-state index contributed by atoms with van der Waals surface area (Å²) >= 11 is 0. The second kappa shape index (κ2) is 7.42. The summed E-state index contributed by atoms with van der Waals surface area (Å²) in [6, 6.07) is 11.2. The molecule has 1 amide bonds. The van der Waals surface area contributed by atoms with Gasteiger partial charge in [-0.25, -0.2) is 4.79 Å². The van der Waals surface area contributed by atoms with E-state index < -0.39 is 17.7 Å². The molecule has 27 heavy (non-hydrogen) atoms. The van der Waals surface area contributed by atoms with Gasteiger partial charge in [0.25, 0.3) is 0 Å². The maximum Gasteiger partial charge on any atom is 0.416 e. The maximum atomic E-state index is 13.2. The fraction of sp³-hybridized carbons (Fsp3) is 0.300. The molecule has 2 aromatic rings. The number of amides is 1. The van der Waals surface area contributed by atoms with Crippen LogP contribution in [0.1, 0.15) is 39.9 Å². The largest absolute Gasteiger partial charge is 0.478 e. The molecule has 0 unspecified atom stereocenters. The van der Waals surface area contributed by atoms with Gasteiger partial charge < -0.3 is 10.0 Å². The summed E-state index contributed by atoms with van der Waals surface area (Å²) in [5.41, 5.74) is -0.0868. The number of rotatable bonds is 6. The van der Waals surface area contributed by atoms with E-state index in [1.165, 1.54) is 35.2 Å². The highest BCUT2D eigenvalue weighted by Gasteiger charge is 2.36. The van der Waals surface area contributed by atoms with Crippen LogP contribution in [0.3, 0.4) is 0 Å². The van der Waals surface area contributed by atoms with Crippen LogP contribution < -0.4 is 0 Å². The Morgan fingerprint density at radius 3 is 2.41 bits per heavy atom. The molecule has 0 spiro atoms. The predicted octanol–water partition coefficient (Wildman–Crippen LogP) is 4.14. The molecule has 3 rings (SSSR count). The van der Waals surface area contributed by atoms with E-state index in [9.17, 15) is 22.8 Å². The Labute approximate surface area is 154 Å². The van der Waals surface area contributed by atoms with Crippen molar-refractivity contribution in [2.75, 3.05) is 0 Å². The van der Waals surface area contributed by atoms with Crippen molar-refractivity contribution in [1.82, 2.24) is 4.90 Å². The second-order valence-corrected chi connectivity index (χ2v) is 6.59. The number of aromatic carboxylic acids is 1. The molecule has 1 aliphatic carbocycles. The van der Waals surface area contributed by atoms with E-state index in [-0.39, 0.29) is 36.0 Å². The minimum atomic E-state index is -4.48. The smallest absolute Gasteiger partial charge is 0.416 e. The molecular weight excluding hydrogens is 359 g/mol. The van der Waals surface area contributed by atoms with E-state index in [1.54, 1.807) is 12.1 Å². The highest BCUT2D eigenvalue weighted by atomic mass is 19.4. The van der Waals surface area contributed by atoms with Gasteiger partial charge in [0.15, 0.2) is 0 Å². The summed E-state index contributed by atoms with van der Waals surface area (Å²) < 4.78 is 39.7. The normalized spacial score (nSPS) is 14.0. The number of carbonyl (C=O) groups is 2. The molecule has 0 aliphatic heterocycles. The molecule has 1 aliphatic rings. The first-order valence-electron chi connectivity index (χ1n) is 8.52. The summed E-state index contributed by atoms with van der Waals surface area (Å²) in [5, 5.41) is 9.05. The van der Waals surface area contributed by atoms with Crippen molar-refractivity contribution in [1.29, 1.82) is 0 Å². The minimum absolute atomic E-state index is 0.0498. The molecule has 142 valence electrons. The first-order valence-corrected chi connectivity index (χ1v) is 8.52. The summed E-state index contributed by atoms with van der Waals surface area (Å²) in [6.07, 6.45) is -3.01. The molecule has 1 saturated carbocycles. The third-order valence-corrected chi connectivity index (χ3v) is 4.50. The van der Waals surface area contributed by atoms with Crippen molar-refractivity contribution >= 4 is 11.9 Å². The van der Waals surface area contributed by atoms with E-state index in [0.29, 0.717) is 5.56 Å². The van der Waals surface area contributed by atoms with Crippen LogP contribution in [-0.4, -0.2) is 27.9 Å². The lowest BCUT2D eigenvalue weighted by Gasteiger charge is -2.24. The van der Waals surface area contributed by atoms with Crippen LogP contribution in [0.5, 0.6) is 0 Å². The topological polar surface area (TPSA) is 57.6 Å². The molecular formula is C20H18F3NO3. The zero-order chi connectivity index (χ0) is 19.6. The van der Waals surface area contributed by atoms with E-state index in [1.807, 2.05) is 0 Å². The van der Waals surface area contributed by atoms with Crippen molar-refractivity contribution in [2.24, 2.45) is 0 Å². The fourth-order valence-electron chi connectivity index (χ4n) is 3.02. The number of carboxylic acids is 1. The van der Waals surface area contributed by atoms with Crippen LogP contribution in [0.4, 0.5) is 13.2 Å². The van der Waals surface area contributed by atoms with Crippen LogP contribution in [-0.2, 0) is 23.9 Å². The van der Waals surface area contributed by atoms with Gasteiger partial charge in [0.1, 0.15) is 0 Å². The van der Waals surface area contributed by atoms with E-state index in [2.05, 4.69) is 0 Å². The Morgan fingerprint density at radius 2 is 1.78 bits per heavy atom. The number of alkyl halides is 3. The van der Waals surface area contributed by atoms with Gasteiger partial charge in [0.05, 0.1) is 17.5 Å². The number of carbonyl (C=O) groups excluding carboxylic acids is 1. The Bertz CT molecular complexity index is 860. The van der Waals surface area contributed by atoms with Crippen LogP contribution in [0, 0.1) is 0 Å².